The summed E-state index contributed by atoms with van der Waals surface area (Å²) in [6, 6.07) is 0.163. The Bertz CT molecular complexity index is 220. The van der Waals surface area contributed by atoms with E-state index >= 15 is 0 Å². The van der Waals surface area contributed by atoms with Gasteiger partial charge in [0, 0.05) is 12.3 Å². The van der Waals surface area contributed by atoms with Crippen LogP contribution in [0.25, 0.3) is 4.85 Å². The molecule has 2 atom stereocenters. The summed E-state index contributed by atoms with van der Waals surface area (Å²) in [6.07, 6.45) is 6.47. The lowest BCUT2D eigenvalue weighted by atomic mass is 9.94. The van der Waals surface area contributed by atoms with Gasteiger partial charge in [0.15, 0.2) is 0 Å². The minimum absolute atomic E-state index is 0.163. The summed E-state index contributed by atoms with van der Waals surface area (Å²) >= 11 is 0. The zero-order valence-corrected chi connectivity index (χ0v) is 10.8. The first-order valence-corrected chi connectivity index (χ1v) is 6.00. The summed E-state index contributed by atoms with van der Waals surface area (Å²) in [4.78, 5) is 3.64. The lowest BCUT2D eigenvalue weighted by Gasteiger charge is -2.12. The van der Waals surface area contributed by atoms with Gasteiger partial charge in [-0.05, 0) is 18.3 Å². The van der Waals surface area contributed by atoms with Gasteiger partial charge in [0.1, 0.15) is 0 Å². The zero-order valence-electron chi connectivity index (χ0n) is 10.8. The maximum atomic E-state index is 7.07. The number of hydrogen-bond acceptors (Lipinski definition) is 0. The monoisotopic (exact) mass is 207 g/mol. The average Bonchev–Trinajstić information content (AvgIpc) is 2.16. The molecule has 0 heterocycles. The largest absolute Gasteiger partial charge is 0.313 e. The Hall–Kier alpha value is -0.770. The minimum Gasteiger partial charge on any atom is -0.313 e. The Morgan fingerprint density at radius 2 is 1.47 bits per heavy atom. The molecule has 86 valence electrons. The van der Waals surface area contributed by atoms with Gasteiger partial charge in [-0.3, -0.25) is 0 Å². The van der Waals surface area contributed by atoms with Gasteiger partial charge in [-0.1, -0.05) is 46.8 Å². The molecule has 0 aliphatic carbocycles. The van der Waals surface area contributed by atoms with Gasteiger partial charge in [-0.15, -0.1) is 0 Å². The first-order chi connectivity index (χ1) is 6.99. The molecule has 0 fully saturated rings. The van der Waals surface area contributed by atoms with Crippen molar-refractivity contribution in [1.82, 2.24) is 0 Å². The fourth-order valence-electron chi connectivity index (χ4n) is 1.29. The van der Waals surface area contributed by atoms with Gasteiger partial charge in [0.2, 0.25) is 6.04 Å². The third kappa shape index (κ3) is 6.33. The van der Waals surface area contributed by atoms with Crippen LogP contribution in [0.4, 0.5) is 0 Å². The molecular weight excluding hydrogens is 182 g/mol. The molecule has 0 amide bonds. The van der Waals surface area contributed by atoms with Crippen molar-refractivity contribution in [1.29, 1.82) is 0 Å². The summed E-state index contributed by atoms with van der Waals surface area (Å²) in [7, 11) is 0. The van der Waals surface area contributed by atoms with Crippen LogP contribution in [0.15, 0.2) is 12.2 Å². The molecule has 0 aromatic heterocycles. The molecule has 0 aliphatic rings. The van der Waals surface area contributed by atoms with Gasteiger partial charge < -0.3 is 4.85 Å². The molecule has 15 heavy (non-hydrogen) atoms. The van der Waals surface area contributed by atoms with E-state index in [1.165, 1.54) is 0 Å². The topological polar surface area (TPSA) is 4.36 Å². The summed E-state index contributed by atoms with van der Waals surface area (Å²) in [5.74, 6) is 1.96. The predicted molar refractivity (Wildman–Crippen MR) is 67.6 cm³/mol. The van der Waals surface area contributed by atoms with E-state index in [9.17, 15) is 0 Å². The van der Waals surface area contributed by atoms with Crippen LogP contribution in [0.5, 0.6) is 0 Å². The molecule has 0 aromatic rings. The smallest absolute Gasteiger partial charge is 0.229 e. The third-order valence-electron chi connectivity index (χ3n) is 3.13. The van der Waals surface area contributed by atoms with Crippen LogP contribution in [0.1, 0.15) is 47.5 Å². The molecule has 1 nitrogen and oxygen atoms in total. The van der Waals surface area contributed by atoms with Crippen LogP contribution < -0.4 is 0 Å². The highest BCUT2D eigenvalue weighted by Crippen LogP contribution is 2.16. The van der Waals surface area contributed by atoms with Crippen molar-refractivity contribution in [2.75, 3.05) is 0 Å². The van der Waals surface area contributed by atoms with E-state index in [1.54, 1.807) is 0 Å². The SMILES string of the molecule is [C-]#[N+][C@@H](C/C=C/C[C@H](C)C(C)C)C(C)C. The maximum absolute atomic E-state index is 7.07. The first kappa shape index (κ1) is 14.2. The first-order valence-electron chi connectivity index (χ1n) is 6.00. The van der Waals surface area contributed by atoms with Gasteiger partial charge >= 0.3 is 0 Å². The summed E-state index contributed by atoms with van der Waals surface area (Å²) in [6.45, 7) is 18.1. The Kier molecular flexibility index (Phi) is 7.13. The summed E-state index contributed by atoms with van der Waals surface area (Å²) in [5.41, 5.74) is 0. The van der Waals surface area contributed by atoms with Crippen LogP contribution in [0.3, 0.4) is 0 Å². The van der Waals surface area contributed by atoms with Crippen LogP contribution in [-0.4, -0.2) is 6.04 Å². The Labute approximate surface area is 95.4 Å². The second kappa shape index (κ2) is 7.51. The third-order valence-corrected chi connectivity index (χ3v) is 3.13. The summed E-state index contributed by atoms with van der Waals surface area (Å²) < 4.78 is 0. The van der Waals surface area contributed by atoms with Crippen molar-refractivity contribution < 1.29 is 0 Å². The second-order valence-corrected chi connectivity index (χ2v) is 5.10. The van der Waals surface area contributed by atoms with Crippen LogP contribution in [-0.2, 0) is 0 Å². The highest BCUT2D eigenvalue weighted by atomic mass is 14.7. The van der Waals surface area contributed by atoms with E-state index in [0.29, 0.717) is 5.92 Å². The van der Waals surface area contributed by atoms with Crippen molar-refractivity contribution in [2.45, 2.75) is 53.5 Å². The van der Waals surface area contributed by atoms with Crippen LogP contribution in [0.2, 0.25) is 0 Å². The quantitative estimate of drug-likeness (QED) is 0.444. The van der Waals surface area contributed by atoms with E-state index in [2.05, 4.69) is 51.6 Å². The molecule has 0 saturated carbocycles. The standard InChI is InChI=1S/C14H25N/c1-11(2)13(5)9-7-8-10-14(15-6)12(3)4/h7-8,11-14H,9-10H2,1-5H3/b8-7+/t13-,14-/m0/s1. The predicted octanol–water partition coefficient (Wildman–Crippen LogP) is 4.56. The van der Waals surface area contributed by atoms with E-state index in [4.69, 9.17) is 6.57 Å². The summed E-state index contributed by atoms with van der Waals surface area (Å²) in [5, 5.41) is 0. The van der Waals surface area contributed by atoms with Gasteiger partial charge in [0.25, 0.3) is 0 Å². The molecule has 0 N–H and O–H groups in total. The molecule has 1 heteroatoms. The Morgan fingerprint density at radius 1 is 0.933 bits per heavy atom. The second-order valence-electron chi connectivity index (χ2n) is 5.10. The van der Waals surface area contributed by atoms with E-state index in [-0.39, 0.29) is 6.04 Å². The number of nitrogens with zero attached hydrogens (tertiary/aromatic N) is 1. The number of allylic oxidation sites excluding steroid dienone is 1. The highest BCUT2D eigenvalue weighted by molar-refractivity contribution is 4.93. The highest BCUT2D eigenvalue weighted by Gasteiger charge is 2.14. The van der Waals surface area contributed by atoms with Crippen molar-refractivity contribution in [3.63, 3.8) is 0 Å². The normalized spacial score (nSPS) is 15.9. The molecule has 0 radical (unpaired) electrons. The van der Waals surface area contributed by atoms with Crippen molar-refractivity contribution >= 4 is 0 Å². The maximum Gasteiger partial charge on any atom is 0.229 e. The molecule has 0 aliphatic heterocycles. The van der Waals surface area contributed by atoms with Crippen LogP contribution in [0, 0.1) is 24.3 Å². The Balaban J connectivity index is 3.85. The molecule has 0 aromatic carbocycles. The molecule has 0 bridgehead atoms. The molecule has 0 saturated heterocycles. The van der Waals surface area contributed by atoms with E-state index in [0.717, 1.165) is 24.7 Å². The lowest BCUT2D eigenvalue weighted by molar-refractivity contribution is 0.423. The average molecular weight is 207 g/mol. The number of rotatable bonds is 6. The molecule has 0 unspecified atom stereocenters. The lowest BCUT2D eigenvalue weighted by Crippen LogP contribution is -2.09. The molecule has 0 spiro atoms. The van der Waals surface area contributed by atoms with E-state index < -0.39 is 0 Å². The van der Waals surface area contributed by atoms with Crippen molar-refractivity contribution in [2.24, 2.45) is 17.8 Å². The Morgan fingerprint density at radius 3 is 1.87 bits per heavy atom. The van der Waals surface area contributed by atoms with Gasteiger partial charge in [0.05, 0.1) is 0 Å². The fourth-order valence-corrected chi connectivity index (χ4v) is 1.29. The zero-order chi connectivity index (χ0) is 11.8. The molecular formula is C14H25N. The molecule has 0 rings (SSSR count). The van der Waals surface area contributed by atoms with Gasteiger partial charge in [-0.25, -0.2) is 6.57 Å². The van der Waals surface area contributed by atoms with Crippen molar-refractivity contribution in [3.8, 4) is 0 Å². The number of hydrogen-bond donors (Lipinski definition) is 0. The van der Waals surface area contributed by atoms with Crippen LogP contribution >= 0.6 is 0 Å². The minimum atomic E-state index is 0.163. The van der Waals surface area contributed by atoms with Crippen molar-refractivity contribution in [3.05, 3.63) is 23.6 Å². The fraction of sp³-hybridized carbons (Fsp3) is 0.786. The van der Waals surface area contributed by atoms with Gasteiger partial charge in [-0.2, -0.15) is 0 Å². The van der Waals surface area contributed by atoms with E-state index in [1.807, 2.05) is 0 Å².